The maximum absolute atomic E-state index is 12.3. The molecule has 0 unspecified atom stereocenters. The second-order valence-electron chi connectivity index (χ2n) is 4.55. The molecular formula is C13H18N2O3. The highest BCUT2D eigenvalue weighted by molar-refractivity contribution is 5.98. The Morgan fingerprint density at radius 2 is 2.17 bits per heavy atom. The summed E-state index contributed by atoms with van der Waals surface area (Å²) in [4.78, 5) is 14.0. The van der Waals surface area contributed by atoms with Gasteiger partial charge in [-0.15, -0.1) is 0 Å². The minimum atomic E-state index is -0.265. The summed E-state index contributed by atoms with van der Waals surface area (Å²) in [5, 5.41) is 18.9. The number of rotatable bonds is 4. The molecule has 98 valence electrons. The van der Waals surface area contributed by atoms with Crippen LogP contribution < -0.4 is 5.73 Å². The number of nitrogens with two attached hydrogens (primary N) is 1. The van der Waals surface area contributed by atoms with Crippen molar-refractivity contribution in [1.29, 1.82) is 0 Å². The maximum atomic E-state index is 12.3. The average molecular weight is 250 g/mol. The zero-order chi connectivity index (χ0) is 13.1. The second kappa shape index (κ2) is 5.27. The third-order valence-corrected chi connectivity index (χ3v) is 3.41. The van der Waals surface area contributed by atoms with Crippen LogP contribution in [0.3, 0.4) is 0 Å². The first-order chi connectivity index (χ1) is 8.65. The quantitative estimate of drug-likeness (QED) is 0.548. The van der Waals surface area contributed by atoms with E-state index in [9.17, 15) is 9.90 Å². The number of aliphatic hydroxyl groups excluding tert-OH is 1. The molecule has 1 amide bonds. The fourth-order valence-electron chi connectivity index (χ4n) is 2.14. The fourth-order valence-corrected chi connectivity index (χ4v) is 2.14. The number of aliphatic hydroxyl groups is 1. The zero-order valence-electron chi connectivity index (χ0n) is 10.2. The summed E-state index contributed by atoms with van der Waals surface area (Å²) in [7, 11) is 0. The molecule has 1 aliphatic rings. The van der Waals surface area contributed by atoms with Crippen molar-refractivity contribution in [2.75, 3.05) is 18.9 Å². The van der Waals surface area contributed by atoms with E-state index in [0.717, 1.165) is 19.3 Å². The fraction of sp³-hybridized carbons (Fsp3) is 0.462. The highest BCUT2D eigenvalue weighted by Crippen LogP contribution is 2.30. The lowest BCUT2D eigenvalue weighted by Crippen LogP contribution is -2.45. The summed E-state index contributed by atoms with van der Waals surface area (Å²) in [6.45, 7) is 0.211. The highest BCUT2D eigenvalue weighted by atomic mass is 16.3. The molecule has 1 fully saturated rings. The van der Waals surface area contributed by atoms with E-state index in [1.54, 1.807) is 23.1 Å². The predicted octanol–water partition coefficient (Wildman–Crippen LogP) is 0.961. The van der Waals surface area contributed by atoms with Crippen molar-refractivity contribution in [2.45, 2.75) is 25.3 Å². The zero-order valence-corrected chi connectivity index (χ0v) is 10.2. The molecule has 18 heavy (non-hydrogen) atoms. The van der Waals surface area contributed by atoms with Crippen LogP contribution in [-0.2, 0) is 0 Å². The molecule has 0 spiro atoms. The van der Waals surface area contributed by atoms with Gasteiger partial charge in [-0.25, -0.2) is 0 Å². The SMILES string of the molecule is Nc1cccc(C(=O)N(CCO)C2CCC2)c1O. The van der Waals surface area contributed by atoms with Gasteiger partial charge in [0, 0.05) is 12.6 Å². The summed E-state index contributed by atoms with van der Waals surface area (Å²) in [5.74, 6) is -0.441. The number of hydrogen-bond acceptors (Lipinski definition) is 4. The minimum Gasteiger partial charge on any atom is -0.505 e. The van der Waals surface area contributed by atoms with E-state index >= 15 is 0 Å². The molecule has 0 bridgehead atoms. The van der Waals surface area contributed by atoms with Crippen molar-refractivity contribution in [3.63, 3.8) is 0 Å². The monoisotopic (exact) mass is 250 g/mol. The van der Waals surface area contributed by atoms with E-state index in [0.29, 0.717) is 0 Å². The van der Waals surface area contributed by atoms with Gasteiger partial charge in [-0.05, 0) is 31.4 Å². The van der Waals surface area contributed by atoms with Crippen LogP contribution in [0, 0.1) is 0 Å². The Kier molecular flexibility index (Phi) is 3.72. The number of para-hydroxylation sites is 1. The number of phenols is 1. The number of carbonyl (C=O) groups excluding carboxylic acids is 1. The van der Waals surface area contributed by atoms with Gasteiger partial charge in [0.2, 0.25) is 0 Å². The number of hydrogen-bond donors (Lipinski definition) is 3. The van der Waals surface area contributed by atoms with E-state index < -0.39 is 0 Å². The Morgan fingerprint density at radius 3 is 2.72 bits per heavy atom. The van der Waals surface area contributed by atoms with Crippen LogP contribution in [0.2, 0.25) is 0 Å². The minimum absolute atomic E-state index is 0.0781. The molecule has 0 heterocycles. The Morgan fingerprint density at radius 1 is 1.44 bits per heavy atom. The van der Waals surface area contributed by atoms with Crippen molar-refractivity contribution >= 4 is 11.6 Å². The van der Waals surface area contributed by atoms with Gasteiger partial charge in [-0.2, -0.15) is 0 Å². The summed E-state index contributed by atoms with van der Waals surface area (Å²) < 4.78 is 0. The smallest absolute Gasteiger partial charge is 0.258 e. The molecule has 0 aromatic heterocycles. The molecule has 1 aromatic carbocycles. The largest absolute Gasteiger partial charge is 0.505 e. The van der Waals surface area contributed by atoms with Crippen LogP contribution in [0.25, 0.3) is 0 Å². The molecule has 5 nitrogen and oxygen atoms in total. The lowest BCUT2D eigenvalue weighted by molar-refractivity contribution is 0.0523. The van der Waals surface area contributed by atoms with Crippen LogP contribution in [0.5, 0.6) is 5.75 Å². The molecule has 0 saturated heterocycles. The van der Waals surface area contributed by atoms with E-state index in [4.69, 9.17) is 10.8 Å². The number of aromatic hydroxyl groups is 1. The lowest BCUT2D eigenvalue weighted by atomic mass is 9.91. The van der Waals surface area contributed by atoms with Crippen molar-refractivity contribution < 1.29 is 15.0 Å². The maximum Gasteiger partial charge on any atom is 0.258 e. The first-order valence-electron chi connectivity index (χ1n) is 6.14. The number of benzene rings is 1. The molecular weight excluding hydrogens is 232 g/mol. The Balaban J connectivity index is 2.24. The molecule has 0 radical (unpaired) electrons. The normalized spacial score (nSPS) is 15.2. The molecule has 0 aliphatic heterocycles. The number of anilines is 1. The number of nitrogen functional groups attached to an aromatic ring is 1. The number of nitrogens with zero attached hydrogens (tertiary/aromatic N) is 1. The Labute approximate surface area is 106 Å². The van der Waals surface area contributed by atoms with Crippen molar-refractivity contribution in [3.8, 4) is 5.75 Å². The predicted molar refractivity (Wildman–Crippen MR) is 68.3 cm³/mol. The molecule has 4 N–H and O–H groups in total. The summed E-state index contributed by atoms with van der Waals surface area (Å²) in [6, 6.07) is 4.91. The standard InChI is InChI=1S/C13H18N2O3/c14-11-6-2-5-10(12(11)17)13(18)15(7-8-16)9-3-1-4-9/h2,5-6,9,16-17H,1,3-4,7-8,14H2. The Hall–Kier alpha value is -1.75. The van der Waals surface area contributed by atoms with Gasteiger partial charge >= 0.3 is 0 Å². The molecule has 1 aliphatic carbocycles. The molecule has 1 saturated carbocycles. The third kappa shape index (κ3) is 2.26. The molecule has 2 rings (SSSR count). The molecule has 1 aromatic rings. The number of amides is 1. The van der Waals surface area contributed by atoms with E-state index in [1.807, 2.05) is 0 Å². The van der Waals surface area contributed by atoms with Gasteiger partial charge < -0.3 is 20.8 Å². The van der Waals surface area contributed by atoms with Gasteiger partial charge in [0.1, 0.15) is 0 Å². The van der Waals surface area contributed by atoms with E-state index in [1.165, 1.54) is 0 Å². The Bertz CT molecular complexity index is 444. The topological polar surface area (TPSA) is 86.8 Å². The van der Waals surface area contributed by atoms with Gasteiger partial charge in [0.25, 0.3) is 5.91 Å². The van der Waals surface area contributed by atoms with Crippen molar-refractivity contribution in [1.82, 2.24) is 4.90 Å². The lowest BCUT2D eigenvalue weighted by Gasteiger charge is -2.37. The van der Waals surface area contributed by atoms with E-state index in [2.05, 4.69) is 0 Å². The third-order valence-electron chi connectivity index (χ3n) is 3.41. The van der Waals surface area contributed by atoms with Crippen LogP contribution in [0.1, 0.15) is 29.6 Å². The highest BCUT2D eigenvalue weighted by Gasteiger charge is 2.30. The molecule has 5 heteroatoms. The summed E-state index contributed by atoms with van der Waals surface area (Å²) in [6.07, 6.45) is 3.01. The van der Waals surface area contributed by atoms with Crippen LogP contribution >= 0.6 is 0 Å². The van der Waals surface area contributed by atoms with Gasteiger partial charge in [0.05, 0.1) is 17.9 Å². The van der Waals surface area contributed by atoms with Crippen LogP contribution in [0.4, 0.5) is 5.69 Å². The molecule has 0 atom stereocenters. The van der Waals surface area contributed by atoms with E-state index in [-0.39, 0.29) is 42.1 Å². The van der Waals surface area contributed by atoms with Gasteiger partial charge in [0.15, 0.2) is 5.75 Å². The van der Waals surface area contributed by atoms with Crippen molar-refractivity contribution in [2.24, 2.45) is 0 Å². The van der Waals surface area contributed by atoms with Crippen LogP contribution in [0.15, 0.2) is 18.2 Å². The summed E-state index contributed by atoms with van der Waals surface area (Å²) in [5.41, 5.74) is 5.98. The number of carbonyl (C=O) groups is 1. The summed E-state index contributed by atoms with van der Waals surface area (Å²) >= 11 is 0. The van der Waals surface area contributed by atoms with Crippen LogP contribution in [-0.4, -0.2) is 40.2 Å². The van der Waals surface area contributed by atoms with Gasteiger partial charge in [-0.1, -0.05) is 6.07 Å². The van der Waals surface area contributed by atoms with Crippen molar-refractivity contribution in [3.05, 3.63) is 23.8 Å². The first kappa shape index (κ1) is 12.7. The van der Waals surface area contributed by atoms with Gasteiger partial charge in [-0.3, -0.25) is 4.79 Å². The average Bonchev–Trinajstić information content (AvgIpc) is 2.29. The number of phenolic OH excluding ortho intramolecular Hbond substituents is 1. The second-order valence-corrected chi connectivity index (χ2v) is 4.55. The first-order valence-corrected chi connectivity index (χ1v) is 6.14.